The number of carbonyl (C=O) groups is 1. The molecule has 2 aromatic carbocycles. The molecule has 1 aliphatic heterocycles. The smallest absolute Gasteiger partial charge is 0.168 e. The summed E-state index contributed by atoms with van der Waals surface area (Å²) in [5, 5.41) is 21.6. The van der Waals surface area contributed by atoms with Gasteiger partial charge in [-0.1, -0.05) is 32.9 Å². The summed E-state index contributed by atoms with van der Waals surface area (Å²) in [4.78, 5) is 24.1. The van der Waals surface area contributed by atoms with Crippen LogP contribution in [0, 0.1) is 24.1 Å². The minimum atomic E-state index is -0.949. The lowest BCUT2D eigenvalue weighted by molar-refractivity contribution is -0.133. The summed E-state index contributed by atoms with van der Waals surface area (Å²) in [6.07, 6.45) is 0.710. The van der Waals surface area contributed by atoms with Crippen molar-refractivity contribution in [3.8, 4) is 17.1 Å². The van der Waals surface area contributed by atoms with Gasteiger partial charge in [0.1, 0.15) is 23.5 Å². The van der Waals surface area contributed by atoms with Crippen molar-refractivity contribution in [2.24, 2.45) is 11.3 Å². The van der Waals surface area contributed by atoms with Gasteiger partial charge in [0.15, 0.2) is 11.6 Å². The Balaban J connectivity index is 1.64. The summed E-state index contributed by atoms with van der Waals surface area (Å²) in [6.45, 7) is 9.17. The Morgan fingerprint density at radius 1 is 1.18 bits per heavy atom. The van der Waals surface area contributed by atoms with Gasteiger partial charge in [-0.25, -0.2) is 14.4 Å². The number of aromatic nitrogens is 2. The van der Waals surface area contributed by atoms with Crippen LogP contribution < -0.4 is 4.90 Å². The van der Waals surface area contributed by atoms with E-state index in [9.17, 15) is 19.4 Å². The molecule has 2 N–H and O–H groups in total. The van der Waals surface area contributed by atoms with Gasteiger partial charge in [0.05, 0.1) is 11.1 Å². The molecule has 1 fully saturated rings. The number of nitrogens with zero attached hydrogens (tertiary/aromatic N) is 3. The number of aliphatic hydroxyl groups excluding tert-OH is 1. The van der Waals surface area contributed by atoms with Crippen molar-refractivity contribution in [1.29, 1.82) is 0 Å². The number of aromatic hydroxyl groups is 1. The number of phenolic OH excluding ortho intramolecular Hbond substituents is 1. The summed E-state index contributed by atoms with van der Waals surface area (Å²) < 4.78 is 14.6. The highest BCUT2D eigenvalue weighted by molar-refractivity contribution is 5.92. The average molecular weight is 466 g/mol. The molecule has 0 unspecified atom stereocenters. The quantitative estimate of drug-likeness (QED) is 0.550. The zero-order valence-electron chi connectivity index (χ0n) is 20.2. The molecule has 34 heavy (non-hydrogen) atoms. The molecule has 0 spiro atoms. The number of rotatable bonds is 5. The van der Waals surface area contributed by atoms with E-state index in [1.54, 1.807) is 0 Å². The van der Waals surface area contributed by atoms with Crippen molar-refractivity contribution in [1.82, 2.24) is 9.97 Å². The molecule has 0 radical (unpaired) electrons. The Morgan fingerprint density at radius 3 is 2.53 bits per heavy atom. The van der Waals surface area contributed by atoms with E-state index in [0.717, 1.165) is 10.9 Å². The maximum Gasteiger partial charge on any atom is 0.168 e. The summed E-state index contributed by atoms with van der Waals surface area (Å²) in [6, 6.07) is 9.99. The topological polar surface area (TPSA) is 86.6 Å². The molecule has 1 atom stereocenters. The second-order valence-electron chi connectivity index (χ2n) is 10.5. The minimum absolute atomic E-state index is 0.0254. The molecule has 0 amide bonds. The lowest BCUT2D eigenvalue weighted by atomic mass is 9.82. The number of benzene rings is 2. The molecule has 180 valence electrons. The fourth-order valence-corrected chi connectivity index (χ4v) is 4.64. The molecule has 6 nitrogen and oxygen atoms in total. The second kappa shape index (κ2) is 9.29. The van der Waals surface area contributed by atoms with Crippen LogP contribution in [0.25, 0.3) is 22.3 Å². The molecule has 0 bridgehead atoms. The molecule has 3 aromatic rings. The van der Waals surface area contributed by atoms with Crippen molar-refractivity contribution < 1.29 is 19.4 Å². The van der Waals surface area contributed by atoms with Crippen molar-refractivity contribution >= 4 is 22.5 Å². The maximum absolute atomic E-state index is 14.6. The highest BCUT2D eigenvalue weighted by Crippen LogP contribution is 2.35. The first-order valence-corrected chi connectivity index (χ1v) is 11.8. The van der Waals surface area contributed by atoms with E-state index in [2.05, 4.69) is 14.9 Å². The van der Waals surface area contributed by atoms with Crippen molar-refractivity contribution in [3.05, 3.63) is 47.8 Å². The van der Waals surface area contributed by atoms with Gasteiger partial charge in [-0.15, -0.1) is 0 Å². The second-order valence-corrected chi connectivity index (χ2v) is 10.5. The number of anilines is 1. The number of ketones is 1. The Bertz CT molecular complexity index is 1190. The Kier molecular flexibility index (Phi) is 6.58. The Morgan fingerprint density at radius 2 is 1.88 bits per heavy atom. The largest absolute Gasteiger partial charge is 0.507 e. The van der Waals surface area contributed by atoms with E-state index in [1.165, 1.54) is 18.2 Å². The van der Waals surface area contributed by atoms with E-state index in [4.69, 9.17) is 0 Å². The number of fused-ring (bicyclic) bond motifs is 1. The molecule has 1 aliphatic rings. The summed E-state index contributed by atoms with van der Waals surface area (Å²) in [5.41, 5.74) is 1.53. The zero-order chi connectivity index (χ0) is 24.6. The lowest BCUT2D eigenvalue weighted by Gasteiger charge is -2.34. The molecular weight excluding hydrogens is 433 g/mol. The van der Waals surface area contributed by atoms with Crippen LogP contribution in [0.5, 0.6) is 5.75 Å². The fraction of sp³-hybridized carbons (Fsp3) is 0.444. The minimum Gasteiger partial charge on any atom is -0.507 e. The van der Waals surface area contributed by atoms with Gasteiger partial charge in [-0.3, -0.25) is 4.79 Å². The molecule has 1 aromatic heterocycles. The predicted molar refractivity (Wildman–Crippen MR) is 131 cm³/mol. The number of halogens is 1. The molecule has 0 saturated carbocycles. The third kappa shape index (κ3) is 5.04. The summed E-state index contributed by atoms with van der Waals surface area (Å²) >= 11 is 0. The molecule has 7 heteroatoms. The van der Waals surface area contributed by atoms with Gasteiger partial charge in [-0.05, 0) is 61.4 Å². The standard InChI is InChI=1S/C27H32FN3O3/c1-16-8-9-18-20(14-16)29-25(23-19(28)6-5-7-21(23)32)30-26(18)31-12-10-17(11-13-31)24(34)22(33)15-27(2,3)4/h5-9,14,17,22,32-33H,10-13,15H2,1-4H3/t22-/m1/s1. The predicted octanol–water partition coefficient (Wildman–Crippen LogP) is 5.03. The van der Waals surface area contributed by atoms with E-state index >= 15 is 0 Å². The molecular formula is C27H32FN3O3. The molecule has 2 heterocycles. The normalized spacial score (nSPS) is 16.1. The average Bonchev–Trinajstić information content (AvgIpc) is 2.76. The van der Waals surface area contributed by atoms with E-state index < -0.39 is 11.9 Å². The number of aryl methyl sites for hydroxylation is 1. The first-order valence-electron chi connectivity index (χ1n) is 11.8. The zero-order valence-corrected chi connectivity index (χ0v) is 20.2. The first-order chi connectivity index (χ1) is 16.0. The Labute approximate surface area is 199 Å². The van der Waals surface area contributed by atoms with Crippen LogP contribution >= 0.6 is 0 Å². The number of piperidine rings is 1. The molecule has 0 aliphatic carbocycles. The van der Waals surface area contributed by atoms with Crippen molar-refractivity contribution in [2.75, 3.05) is 18.0 Å². The van der Waals surface area contributed by atoms with Gasteiger partial charge in [0.2, 0.25) is 0 Å². The van der Waals surface area contributed by atoms with Gasteiger partial charge in [0.25, 0.3) is 0 Å². The van der Waals surface area contributed by atoms with Crippen LogP contribution in [0.2, 0.25) is 0 Å². The number of carbonyl (C=O) groups excluding carboxylic acids is 1. The number of aliphatic hydroxyl groups is 1. The first kappa shape index (κ1) is 24.1. The van der Waals surface area contributed by atoms with Gasteiger partial charge >= 0.3 is 0 Å². The van der Waals surface area contributed by atoms with Gasteiger partial charge in [-0.2, -0.15) is 0 Å². The SMILES string of the molecule is Cc1ccc2c(N3CCC(C(=O)[C@H](O)CC(C)(C)C)CC3)nc(-c3c(O)cccc3F)nc2c1. The summed E-state index contributed by atoms with van der Waals surface area (Å²) in [7, 11) is 0. The van der Waals surface area contributed by atoms with Crippen LogP contribution in [-0.2, 0) is 4.79 Å². The van der Waals surface area contributed by atoms with Crippen LogP contribution in [0.1, 0.15) is 45.6 Å². The van der Waals surface area contributed by atoms with E-state index in [0.29, 0.717) is 43.7 Å². The summed E-state index contributed by atoms with van der Waals surface area (Å²) in [5.74, 6) is -0.301. The fourth-order valence-electron chi connectivity index (χ4n) is 4.64. The van der Waals surface area contributed by atoms with Gasteiger partial charge < -0.3 is 15.1 Å². The Hall–Kier alpha value is -3.06. The van der Waals surface area contributed by atoms with Crippen LogP contribution in [0.3, 0.4) is 0 Å². The monoisotopic (exact) mass is 465 g/mol. The van der Waals surface area contributed by atoms with Crippen LogP contribution in [0.4, 0.5) is 10.2 Å². The van der Waals surface area contributed by atoms with Gasteiger partial charge in [0, 0.05) is 24.4 Å². The lowest BCUT2D eigenvalue weighted by Crippen LogP contribution is -2.40. The van der Waals surface area contributed by atoms with Crippen molar-refractivity contribution in [2.45, 2.75) is 53.1 Å². The molecule has 1 saturated heterocycles. The van der Waals surface area contributed by atoms with E-state index in [-0.39, 0.29) is 34.3 Å². The third-order valence-corrected chi connectivity index (χ3v) is 6.38. The van der Waals surface area contributed by atoms with Crippen LogP contribution in [0.15, 0.2) is 36.4 Å². The maximum atomic E-state index is 14.6. The number of Topliss-reactive ketones (excluding diaryl/α,β-unsaturated/α-hetero) is 1. The highest BCUT2D eigenvalue weighted by atomic mass is 19.1. The van der Waals surface area contributed by atoms with Crippen LogP contribution in [-0.4, -0.2) is 45.2 Å². The third-order valence-electron chi connectivity index (χ3n) is 6.38. The molecule has 4 rings (SSSR count). The van der Waals surface area contributed by atoms with E-state index in [1.807, 2.05) is 45.9 Å². The van der Waals surface area contributed by atoms with Crippen molar-refractivity contribution in [3.63, 3.8) is 0 Å². The number of hydrogen-bond acceptors (Lipinski definition) is 6. The number of hydrogen-bond donors (Lipinski definition) is 2. The highest BCUT2D eigenvalue weighted by Gasteiger charge is 2.32. The number of phenols is 1.